The molecule has 2 aromatic rings. The van der Waals surface area contributed by atoms with Gasteiger partial charge in [-0.25, -0.2) is 9.97 Å². The van der Waals surface area contributed by atoms with Gasteiger partial charge in [-0.2, -0.15) is 0 Å². The number of amides is 1. The maximum atomic E-state index is 12.6. The highest BCUT2D eigenvalue weighted by molar-refractivity contribution is 5.96. The van der Waals surface area contributed by atoms with E-state index in [1.165, 1.54) is 24.8 Å². The molecule has 2 fully saturated rings. The van der Waals surface area contributed by atoms with Gasteiger partial charge >= 0.3 is 0 Å². The number of nitrogens with zero attached hydrogens (tertiary/aromatic N) is 3. The topological polar surface area (TPSA) is 107 Å². The first-order valence-electron chi connectivity index (χ1n) is 11.9. The summed E-state index contributed by atoms with van der Waals surface area (Å²) in [6.07, 6.45) is 6.25. The van der Waals surface area contributed by atoms with E-state index in [0.29, 0.717) is 24.2 Å². The number of nitrogens with one attached hydrogen (secondary N) is 2. The Kier molecular flexibility index (Phi) is 7.54. The Morgan fingerprint density at radius 2 is 1.94 bits per heavy atom. The Bertz CT molecular complexity index is 964. The van der Waals surface area contributed by atoms with Gasteiger partial charge in [-0.15, -0.1) is 0 Å². The number of hydrogen-bond donors (Lipinski definition) is 3. The fourth-order valence-corrected chi connectivity index (χ4v) is 4.92. The maximum Gasteiger partial charge on any atom is 0.300 e. The number of anilines is 1. The summed E-state index contributed by atoms with van der Waals surface area (Å²) in [5, 5.41) is 14.1. The van der Waals surface area contributed by atoms with Crippen LogP contribution in [0.15, 0.2) is 30.3 Å². The Labute approximate surface area is 194 Å². The molecule has 1 aromatic carbocycles. The summed E-state index contributed by atoms with van der Waals surface area (Å²) in [6, 6.07) is 10.9. The van der Waals surface area contributed by atoms with Crippen molar-refractivity contribution in [1.82, 2.24) is 20.6 Å². The lowest BCUT2D eigenvalue weighted by atomic mass is 9.98. The molecule has 2 atom stereocenters. The van der Waals surface area contributed by atoms with Crippen LogP contribution in [-0.2, 0) is 24.1 Å². The quantitative estimate of drug-likeness (QED) is 0.654. The largest absolute Gasteiger partial charge is 0.481 e. The number of aromatic nitrogens is 2. The Balaban J connectivity index is 0.000000601. The molecule has 5 rings (SSSR count). The van der Waals surface area contributed by atoms with Gasteiger partial charge in [-0.3, -0.25) is 9.59 Å². The van der Waals surface area contributed by atoms with Gasteiger partial charge in [0.05, 0.1) is 0 Å². The lowest BCUT2D eigenvalue weighted by Crippen LogP contribution is -2.41. The summed E-state index contributed by atoms with van der Waals surface area (Å²) in [5.74, 6) is 1.55. The normalized spacial score (nSPS) is 21.7. The fourth-order valence-electron chi connectivity index (χ4n) is 4.92. The molecule has 3 aliphatic rings. The molecule has 8 nitrogen and oxygen atoms in total. The van der Waals surface area contributed by atoms with Gasteiger partial charge < -0.3 is 20.6 Å². The van der Waals surface area contributed by atoms with Crippen molar-refractivity contribution in [2.24, 2.45) is 5.92 Å². The number of carbonyl (C=O) groups excluding carboxylic acids is 1. The molecular formula is C25H33N5O3. The highest BCUT2D eigenvalue weighted by atomic mass is 16.4. The van der Waals surface area contributed by atoms with Crippen molar-refractivity contribution >= 4 is 17.7 Å². The van der Waals surface area contributed by atoms with E-state index in [1.807, 2.05) is 6.07 Å². The molecule has 8 heteroatoms. The van der Waals surface area contributed by atoms with Crippen LogP contribution >= 0.6 is 0 Å². The van der Waals surface area contributed by atoms with Gasteiger partial charge in [-0.05, 0) is 43.7 Å². The summed E-state index contributed by atoms with van der Waals surface area (Å²) in [5.41, 5.74) is 2.90. The van der Waals surface area contributed by atoms with Crippen LogP contribution in [0.3, 0.4) is 0 Å². The van der Waals surface area contributed by atoms with E-state index in [4.69, 9.17) is 19.9 Å². The molecule has 176 valence electrons. The minimum atomic E-state index is -0.833. The average Bonchev–Trinajstić information content (AvgIpc) is 3.13. The summed E-state index contributed by atoms with van der Waals surface area (Å²) in [7, 11) is 0. The zero-order chi connectivity index (χ0) is 23.2. The molecule has 0 radical (unpaired) electrons. The van der Waals surface area contributed by atoms with E-state index in [1.54, 1.807) is 0 Å². The Morgan fingerprint density at radius 3 is 2.73 bits per heavy atom. The zero-order valence-electron chi connectivity index (χ0n) is 19.2. The van der Waals surface area contributed by atoms with Crippen molar-refractivity contribution in [1.29, 1.82) is 0 Å². The third-order valence-corrected chi connectivity index (χ3v) is 6.47. The minimum absolute atomic E-state index is 0.0518. The van der Waals surface area contributed by atoms with Crippen LogP contribution < -0.4 is 15.5 Å². The predicted octanol–water partition coefficient (Wildman–Crippen LogP) is 2.22. The third kappa shape index (κ3) is 6.07. The number of benzene rings is 1. The second-order valence-electron chi connectivity index (χ2n) is 9.11. The van der Waals surface area contributed by atoms with Gasteiger partial charge in [0.15, 0.2) is 0 Å². The Hall–Kier alpha value is -3.00. The van der Waals surface area contributed by atoms with Crippen LogP contribution in [0.5, 0.6) is 0 Å². The average molecular weight is 452 g/mol. The molecule has 0 saturated carbocycles. The summed E-state index contributed by atoms with van der Waals surface area (Å²) in [6.45, 7) is 4.84. The van der Waals surface area contributed by atoms with Crippen molar-refractivity contribution in [2.75, 3.05) is 31.1 Å². The molecule has 33 heavy (non-hydrogen) atoms. The first-order chi connectivity index (χ1) is 16.0. The number of carboxylic acid groups (broad SMARTS) is 1. The number of fused-ring (bicyclic) bond motifs is 4. The molecule has 3 N–H and O–H groups in total. The highest BCUT2D eigenvalue weighted by Crippen LogP contribution is 2.29. The number of hydrogen-bond acceptors (Lipinski definition) is 6. The first-order valence-corrected chi connectivity index (χ1v) is 11.9. The number of carbonyl (C=O) groups is 2. The van der Waals surface area contributed by atoms with Crippen molar-refractivity contribution in [2.45, 2.75) is 51.5 Å². The van der Waals surface area contributed by atoms with Crippen molar-refractivity contribution in [3.63, 3.8) is 0 Å². The molecular weight excluding hydrogens is 418 g/mol. The predicted molar refractivity (Wildman–Crippen MR) is 127 cm³/mol. The van der Waals surface area contributed by atoms with Crippen LogP contribution in [-0.4, -0.2) is 59.2 Å². The summed E-state index contributed by atoms with van der Waals surface area (Å²) < 4.78 is 0. The Morgan fingerprint density at radius 1 is 1.15 bits per heavy atom. The second kappa shape index (κ2) is 10.7. The molecule has 4 heterocycles. The lowest BCUT2D eigenvalue weighted by Gasteiger charge is -2.32. The van der Waals surface area contributed by atoms with Crippen molar-refractivity contribution in [3.8, 4) is 0 Å². The van der Waals surface area contributed by atoms with Gasteiger partial charge in [-0.1, -0.05) is 36.8 Å². The van der Waals surface area contributed by atoms with Gasteiger partial charge in [0, 0.05) is 44.6 Å². The molecule has 2 bridgehead atoms. The van der Waals surface area contributed by atoms with Crippen molar-refractivity contribution in [3.05, 3.63) is 53.0 Å². The van der Waals surface area contributed by atoms with Crippen LogP contribution in [0, 0.1) is 5.92 Å². The number of aryl methyl sites for hydroxylation is 2. The van der Waals surface area contributed by atoms with Gasteiger partial charge in [0.1, 0.15) is 17.3 Å². The molecule has 2 saturated heterocycles. The van der Waals surface area contributed by atoms with E-state index in [0.717, 1.165) is 63.0 Å². The highest BCUT2D eigenvalue weighted by Gasteiger charge is 2.31. The zero-order valence-corrected chi connectivity index (χ0v) is 19.2. The maximum absolute atomic E-state index is 12.6. The smallest absolute Gasteiger partial charge is 0.300 e. The van der Waals surface area contributed by atoms with Gasteiger partial charge in [0.25, 0.3) is 11.9 Å². The van der Waals surface area contributed by atoms with E-state index in [9.17, 15) is 4.79 Å². The molecule has 0 spiro atoms. The van der Waals surface area contributed by atoms with Crippen molar-refractivity contribution < 1.29 is 14.7 Å². The summed E-state index contributed by atoms with van der Waals surface area (Å²) >= 11 is 0. The van der Waals surface area contributed by atoms with Crippen LogP contribution in [0.1, 0.15) is 53.6 Å². The molecule has 0 unspecified atom stereocenters. The first kappa shape index (κ1) is 23.2. The SMILES string of the molecule is CC(=O)O.O=C1NCCc2c1nc(CCc1ccccc1)nc2N1C[C@H]2CCC[C@@H](C1)NC2. The molecule has 1 aromatic heterocycles. The second-order valence-corrected chi connectivity index (χ2v) is 9.11. The van der Waals surface area contributed by atoms with Crippen LogP contribution in [0.25, 0.3) is 0 Å². The third-order valence-electron chi connectivity index (χ3n) is 6.47. The number of aliphatic carboxylic acids is 1. The van der Waals surface area contributed by atoms with E-state index < -0.39 is 5.97 Å². The molecule has 1 amide bonds. The van der Waals surface area contributed by atoms with Gasteiger partial charge in [0.2, 0.25) is 0 Å². The number of carboxylic acids is 1. The fraction of sp³-hybridized carbons (Fsp3) is 0.520. The standard InChI is InChI=1S/C23H29N5O.C2H4O2/c29-23-21-19(11-12-24-23)22(28-14-17-7-4-8-18(15-28)25-13-17)27-20(26-21)10-9-16-5-2-1-3-6-16;1-2(3)4/h1-3,5-6,17-18,25H,4,7-15H2,(H,24,29);1H3,(H,3,4)/t17-,18-;/m0./s1. The van der Waals surface area contributed by atoms with E-state index in [2.05, 4.69) is 39.8 Å². The van der Waals surface area contributed by atoms with Crippen LogP contribution in [0.2, 0.25) is 0 Å². The minimum Gasteiger partial charge on any atom is -0.481 e. The molecule has 0 aliphatic carbocycles. The monoisotopic (exact) mass is 451 g/mol. The van der Waals surface area contributed by atoms with E-state index >= 15 is 0 Å². The molecule has 3 aliphatic heterocycles. The van der Waals surface area contributed by atoms with E-state index in [-0.39, 0.29) is 5.91 Å². The summed E-state index contributed by atoms with van der Waals surface area (Å²) in [4.78, 5) is 33.8. The van der Waals surface area contributed by atoms with Crippen LogP contribution in [0.4, 0.5) is 5.82 Å². The number of rotatable bonds is 4. The lowest BCUT2D eigenvalue weighted by molar-refractivity contribution is -0.134.